The number of benzene rings is 1. The molecule has 1 amide bonds. The van der Waals surface area contributed by atoms with Crippen LogP contribution in [0.3, 0.4) is 0 Å². The van der Waals surface area contributed by atoms with E-state index in [1.54, 1.807) is 26.3 Å². The molecule has 0 bridgehead atoms. The highest BCUT2D eigenvalue weighted by molar-refractivity contribution is 5.98. The van der Waals surface area contributed by atoms with Gasteiger partial charge in [-0.05, 0) is 43.2 Å². The number of carbonyl (C=O) groups is 1. The molecule has 1 heterocycles. The van der Waals surface area contributed by atoms with Gasteiger partial charge in [0.25, 0.3) is 5.91 Å². The van der Waals surface area contributed by atoms with Crippen LogP contribution in [0.2, 0.25) is 0 Å². The smallest absolute Gasteiger partial charge is 0.254 e. The Morgan fingerprint density at radius 3 is 2.57 bits per heavy atom. The summed E-state index contributed by atoms with van der Waals surface area (Å²) in [6, 6.07) is 7.46. The molecule has 0 aliphatic heterocycles. The summed E-state index contributed by atoms with van der Waals surface area (Å²) < 4.78 is 5.44. The summed E-state index contributed by atoms with van der Waals surface area (Å²) in [5.41, 5.74) is 10.00. The number of methoxy groups -OCH3 is 1. The number of nitrogens with two attached hydrogens (primary N) is 1. The summed E-state index contributed by atoms with van der Waals surface area (Å²) in [6.07, 6.45) is 0. The molecule has 0 aliphatic carbocycles. The Kier molecular flexibility index (Phi) is 4.12. The molecule has 0 saturated heterocycles. The molecule has 0 fully saturated rings. The van der Waals surface area contributed by atoms with Crippen LogP contribution in [0.25, 0.3) is 11.3 Å². The number of amides is 1. The summed E-state index contributed by atoms with van der Waals surface area (Å²) in [4.78, 5) is 16.0. The Balaban J connectivity index is 2.58. The summed E-state index contributed by atoms with van der Waals surface area (Å²) in [5.74, 6) is 0.695. The number of anilines is 1. The first-order chi connectivity index (χ1) is 9.97. The van der Waals surface area contributed by atoms with Crippen molar-refractivity contribution in [2.45, 2.75) is 13.8 Å². The molecular formula is C16H19N3O2. The van der Waals surface area contributed by atoms with Crippen LogP contribution in [0.5, 0.6) is 5.75 Å². The molecule has 1 aromatic heterocycles. The number of carbonyl (C=O) groups excluding carboxylic acids is 1. The minimum absolute atomic E-state index is 0.203. The lowest BCUT2D eigenvalue weighted by Gasteiger charge is -2.14. The van der Waals surface area contributed by atoms with Crippen molar-refractivity contribution in [1.82, 2.24) is 10.3 Å². The standard InChI is InChI=1S/C16H19N3O2/c1-9-7-10(2)14(13(8-9)21-4)12-6-5-11(15(17)19-12)16(20)18-3/h5-8H,1-4H3,(H2,17,19)(H,18,20). The minimum atomic E-state index is -0.251. The number of hydrogen-bond donors (Lipinski definition) is 2. The second kappa shape index (κ2) is 5.83. The molecule has 110 valence electrons. The van der Waals surface area contributed by atoms with E-state index < -0.39 is 0 Å². The molecule has 3 N–H and O–H groups in total. The Bertz CT molecular complexity index is 696. The predicted molar refractivity (Wildman–Crippen MR) is 83.5 cm³/mol. The van der Waals surface area contributed by atoms with E-state index in [-0.39, 0.29) is 11.7 Å². The van der Waals surface area contributed by atoms with Crippen LogP contribution >= 0.6 is 0 Å². The van der Waals surface area contributed by atoms with Crippen LogP contribution in [0.1, 0.15) is 21.5 Å². The summed E-state index contributed by atoms with van der Waals surface area (Å²) in [6.45, 7) is 4.01. The van der Waals surface area contributed by atoms with Crippen LogP contribution in [-0.2, 0) is 0 Å². The number of nitrogens with zero attached hydrogens (tertiary/aromatic N) is 1. The molecule has 5 heteroatoms. The fraction of sp³-hybridized carbons (Fsp3) is 0.250. The zero-order chi connectivity index (χ0) is 15.6. The van der Waals surface area contributed by atoms with Gasteiger partial charge in [-0.1, -0.05) is 6.07 Å². The molecule has 0 saturated carbocycles. The van der Waals surface area contributed by atoms with Gasteiger partial charge in [0.2, 0.25) is 0 Å². The van der Waals surface area contributed by atoms with E-state index in [4.69, 9.17) is 10.5 Å². The Hall–Kier alpha value is -2.56. The number of rotatable bonds is 3. The minimum Gasteiger partial charge on any atom is -0.496 e. The number of hydrogen-bond acceptors (Lipinski definition) is 4. The fourth-order valence-electron chi connectivity index (χ4n) is 2.36. The molecular weight excluding hydrogens is 266 g/mol. The van der Waals surface area contributed by atoms with Crippen molar-refractivity contribution >= 4 is 11.7 Å². The van der Waals surface area contributed by atoms with Crippen LogP contribution in [-0.4, -0.2) is 25.0 Å². The third-order valence-electron chi connectivity index (χ3n) is 3.32. The first kappa shape index (κ1) is 14.8. The lowest BCUT2D eigenvalue weighted by molar-refractivity contribution is 0.0963. The molecule has 2 rings (SSSR count). The predicted octanol–water partition coefficient (Wildman–Crippen LogP) is 2.32. The number of aryl methyl sites for hydroxylation is 2. The average Bonchev–Trinajstić information content (AvgIpc) is 2.45. The zero-order valence-electron chi connectivity index (χ0n) is 12.7. The van der Waals surface area contributed by atoms with E-state index in [1.165, 1.54) is 0 Å². The van der Waals surface area contributed by atoms with Crippen molar-refractivity contribution in [2.75, 3.05) is 19.9 Å². The van der Waals surface area contributed by atoms with Crippen molar-refractivity contribution in [3.63, 3.8) is 0 Å². The SMILES string of the molecule is CNC(=O)c1ccc(-c2c(C)cc(C)cc2OC)nc1N. The van der Waals surface area contributed by atoms with E-state index >= 15 is 0 Å². The molecule has 0 atom stereocenters. The second-order valence-corrected chi connectivity index (χ2v) is 4.87. The van der Waals surface area contributed by atoms with Crippen molar-refractivity contribution < 1.29 is 9.53 Å². The van der Waals surface area contributed by atoms with Gasteiger partial charge < -0.3 is 15.8 Å². The van der Waals surface area contributed by atoms with Crippen LogP contribution in [0.4, 0.5) is 5.82 Å². The normalized spacial score (nSPS) is 10.3. The van der Waals surface area contributed by atoms with Gasteiger partial charge in [0.1, 0.15) is 11.6 Å². The van der Waals surface area contributed by atoms with E-state index in [2.05, 4.69) is 16.4 Å². The fourth-order valence-corrected chi connectivity index (χ4v) is 2.36. The number of aromatic nitrogens is 1. The van der Waals surface area contributed by atoms with Gasteiger partial charge >= 0.3 is 0 Å². The third-order valence-corrected chi connectivity index (χ3v) is 3.32. The van der Waals surface area contributed by atoms with Gasteiger partial charge in [0.05, 0.1) is 18.4 Å². The summed E-state index contributed by atoms with van der Waals surface area (Å²) >= 11 is 0. The van der Waals surface area contributed by atoms with Gasteiger partial charge in [0, 0.05) is 12.6 Å². The molecule has 5 nitrogen and oxygen atoms in total. The van der Waals surface area contributed by atoms with Crippen molar-refractivity contribution in [1.29, 1.82) is 0 Å². The van der Waals surface area contributed by atoms with E-state index in [9.17, 15) is 4.79 Å². The van der Waals surface area contributed by atoms with E-state index in [1.807, 2.05) is 19.9 Å². The summed E-state index contributed by atoms with van der Waals surface area (Å²) in [5, 5.41) is 2.54. The number of nitrogen functional groups attached to an aromatic ring is 1. The monoisotopic (exact) mass is 285 g/mol. The van der Waals surface area contributed by atoms with E-state index in [0.29, 0.717) is 11.3 Å². The summed E-state index contributed by atoms with van der Waals surface area (Å²) in [7, 11) is 3.18. The molecule has 21 heavy (non-hydrogen) atoms. The number of pyridine rings is 1. The Labute approximate surface area is 124 Å². The zero-order valence-corrected chi connectivity index (χ0v) is 12.7. The Morgan fingerprint density at radius 2 is 2.00 bits per heavy atom. The lowest BCUT2D eigenvalue weighted by Crippen LogP contribution is -2.20. The highest BCUT2D eigenvalue weighted by atomic mass is 16.5. The topological polar surface area (TPSA) is 77.2 Å². The van der Waals surface area contributed by atoms with Gasteiger partial charge in [-0.2, -0.15) is 0 Å². The quantitative estimate of drug-likeness (QED) is 0.907. The van der Waals surface area contributed by atoms with Crippen molar-refractivity contribution in [2.24, 2.45) is 0 Å². The molecule has 0 aliphatic rings. The average molecular weight is 285 g/mol. The van der Waals surface area contributed by atoms with Crippen molar-refractivity contribution in [3.05, 3.63) is 41.0 Å². The molecule has 0 unspecified atom stereocenters. The molecule has 0 spiro atoms. The lowest BCUT2D eigenvalue weighted by atomic mass is 10.0. The highest BCUT2D eigenvalue weighted by Crippen LogP contribution is 2.33. The van der Waals surface area contributed by atoms with Crippen LogP contribution < -0.4 is 15.8 Å². The second-order valence-electron chi connectivity index (χ2n) is 4.87. The van der Waals surface area contributed by atoms with E-state index in [0.717, 1.165) is 22.4 Å². The number of nitrogens with one attached hydrogen (secondary N) is 1. The maximum Gasteiger partial charge on any atom is 0.254 e. The van der Waals surface area contributed by atoms with Crippen LogP contribution in [0.15, 0.2) is 24.3 Å². The van der Waals surface area contributed by atoms with Crippen LogP contribution in [0, 0.1) is 13.8 Å². The Morgan fingerprint density at radius 1 is 1.29 bits per heavy atom. The molecule has 2 aromatic rings. The third kappa shape index (κ3) is 2.81. The first-order valence-corrected chi connectivity index (χ1v) is 6.62. The van der Waals surface area contributed by atoms with Gasteiger partial charge in [-0.25, -0.2) is 4.98 Å². The maximum absolute atomic E-state index is 11.7. The molecule has 1 aromatic carbocycles. The van der Waals surface area contributed by atoms with Crippen molar-refractivity contribution in [3.8, 4) is 17.0 Å². The first-order valence-electron chi connectivity index (χ1n) is 6.62. The van der Waals surface area contributed by atoms with Gasteiger partial charge in [-0.3, -0.25) is 4.79 Å². The highest BCUT2D eigenvalue weighted by Gasteiger charge is 2.15. The number of ether oxygens (including phenoxy) is 1. The van der Waals surface area contributed by atoms with Gasteiger partial charge in [-0.15, -0.1) is 0 Å². The maximum atomic E-state index is 11.7. The van der Waals surface area contributed by atoms with Gasteiger partial charge in [0.15, 0.2) is 0 Å². The molecule has 0 radical (unpaired) electrons. The largest absolute Gasteiger partial charge is 0.496 e.